The molecule has 0 spiro atoms. The lowest BCUT2D eigenvalue weighted by Gasteiger charge is -2.11. The van der Waals surface area contributed by atoms with Crippen molar-refractivity contribution in [1.82, 2.24) is 9.97 Å². The van der Waals surface area contributed by atoms with Crippen LogP contribution in [0.25, 0.3) is 10.9 Å². The van der Waals surface area contributed by atoms with Crippen LogP contribution in [-0.4, -0.2) is 16.6 Å². The number of aromatic nitrogens is 2. The fourth-order valence-electron chi connectivity index (χ4n) is 2.41. The monoisotopic (exact) mass is 319 g/mol. The molecule has 0 fully saturated rings. The molecule has 24 heavy (non-hydrogen) atoms. The van der Waals surface area contributed by atoms with Crippen molar-refractivity contribution in [3.63, 3.8) is 0 Å². The van der Waals surface area contributed by atoms with Crippen molar-refractivity contribution < 1.29 is 4.74 Å². The molecule has 0 aliphatic rings. The van der Waals surface area contributed by atoms with E-state index in [2.05, 4.69) is 15.3 Å². The van der Waals surface area contributed by atoms with Gasteiger partial charge in [-0.1, -0.05) is 6.07 Å². The Kier molecular flexibility index (Phi) is 4.17. The highest BCUT2D eigenvalue weighted by Crippen LogP contribution is 2.27. The Labute approximate surface area is 139 Å². The Morgan fingerprint density at radius 2 is 2.04 bits per heavy atom. The van der Waals surface area contributed by atoms with E-state index in [0.717, 1.165) is 22.3 Å². The van der Waals surface area contributed by atoms with Crippen LogP contribution >= 0.6 is 0 Å². The van der Waals surface area contributed by atoms with E-state index in [1.807, 2.05) is 50.2 Å². The van der Waals surface area contributed by atoms with Crippen LogP contribution in [0.1, 0.15) is 18.2 Å². The van der Waals surface area contributed by atoms with E-state index in [1.165, 1.54) is 0 Å². The van der Waals surface area contributed by atoms with Gasteiger partial charge in [0.2, 0.25) is 5.88 Å². The first-order chi connectivity index (χ1) is 11.6. The van der Waals surface area contributed by atoms with Gasteiger partial charge in [-0.2, -0.15) is 10.2 Å². The number of nitrogens with zero attached hydrogens (tertiary/aromatic N) is 3. The summed E-state index contributed by atoms with van der Waals surface area (Å²) in [4.78, 5) is 8.81. The predicted molar refractivity (Wildman–Crippen MR) is 94.3 cm³/mol. The standard InChI is InChI=1S/C18H17N5O/c1-3-24-18-14(10-19)15(20)9-17(23-18)22-13-6-7-16-12(8-13)5-4-11(2)21-16/h4-9H,3H2,1-2H3,(H3,20,22,23). The molecule has 1 aromatic carbocycles. The summed E-state index contributed by atoms with van der Waals surface area (Å²) < 4.78 is 5.41. The van der Waals surface area contributed by atoms with Crippen LogP contribution in [0.3, 0.4) is 0 Å². The molecule has 2 aromatic heterocycles. The number of hydrogen-bond acceptors (Lipinski definition) is 6. The minimum atomic E-state index is 0.237. The van der Waals surface area contributed by atoms with E-state index in [9.17, 15) is 0 Å². The van der Waals surface area contributed by atoms with Crippen molar-refractivity contribution in [1.29, 1.82) is 5.26 Å². The first-order valence-corrected chi connectivity index (χ1v) is 7.58. The average Bonchev–Trinajstić information content (AvgIpc) is 2.55. The summed E-state index contributed by atoms with van der Waals surface area (Å²) in [5, 5.41) is 13.4. The van der Waals surface area contributed by atoms with Crippen molar-refractivity contribution in [2.75, 3.05) is 17.7 Å². The molecule has 0 atom stereocenters. The number of hydrogen-bond donors (Lipinski definition) is 2. The van der Waals surface area contributed by atoms with Gasteiger partial charge in [-0.05, 0) is 38.1 Å². The molecule has 0 saturated heterocycles. The molecular weight excluding hydrogens is 302 g/mol. The van der Waals surface area contributed by atoms with Crippen LogP contribution in [0.2, 0.25) is 0 Å². The maximum absolute atomic E-state index is 9.17. The predicted octanol–water partition coefficient (Wildman–Crippen LogP) is 3.53. The molecule has 3 rings (SSSR count). The molecule has 0 aliphatic heterocycles. The van der Waals surface area contributed by atoms with Crippen molar-refractivity contribution in [3.8, 4) is 11.9 Å². The topological polar surface area (TPSA) is 96.8 Å². The molecule has 0 amide bonds. The molecule has 6 nitrogen and oxygen atoms in total. The molecule has 6 heteroatoms. The number of pyridine rings is 2. The highest BCUT2D eigenvalue weighted by molar-refractivity contribution is 5.83. The number of aryl methyl sites for hydroxylation is 1. The number of benzene rings is 1. The van der Waals surface area contributed by atoms with Crippen molar-refractivity contribution in [3.05, 3.63) is 47.7 Å². The van der Waals surface area contributed by atoms with Crippen LogP contribution in [0.5, 0.6) is 5.88 Å². The largest absolute Gasteiger partial charge is 0.477 e. The molecule has 0 radical (unpaired) electrons. The molecule has 0 bridgehead atoms. The maximum atomic E-state index is 9.17. The van der Waals surface area contributed by atoms with E-state index >= 15 is 0 Å². The highest BCUT2D eigenvalue weighted by atomic mass is 16.5. The summed E-state index contributed by atoms with van der Waals surface area (Å²) in [6, 6.07) is 13.5. The Balaban J connectivity index is 1.96. The van der Waals surface area contributed by atoms with Gasteiger partial charge in [0.15, 0.2) is 0 Å². The first kappa shape index (κ1) is 15.6. The molecule has 0 aliphatic carbocycles. The second-order valence-corrected chi connectivity index (χ2v) is 5.31. The normalized spacial score (nSPS) is 10.4. The third-order valence-corrected chi connectivity index (χ3v) is 3.51. The molecule has 2 heterocycles. The van der Waals surface area contributed by atoms with E-state index in [0.29, 0.717) is 18.1 Å². The zero-order valence-electron chi connectivity index (χ0n) is 13.5. The number of anilines is 3. The van der Waals surface area contributed by atoms with Crippen LogP contribution in [0.4, 0.5) is 17.2 Å². The zero-order chi connectivity index (χ0) is 17.1. The van der Waals surface area contributed by atoms with E-state index < -0.39 is 0 Å². The SMILES string of the molecule is CCOc1nc(Nc2ccc3nc(C)ccc3c2)cc(N)c1C#N. The van der Waals surface area contributed by atoms with Crippen molar-refractivity contribution in [2.24, 2.45) is 0 Å². The van der Waals surface area contributed by atoms with Gasteiger partial charge in [-0.15, -0.1) is 0 Å². The summed E-state index contributed by atoms with van der Waals surface area (Å²) in [5.74, 6) is 0.759. The van der Waals surface area contributed by atoms with Gasteiger partial charge < -0.3 is 15.8 Å². The Morgan fingerprint density at radius 3 is 2.79 bits per heavy atom. The number of nitrogen functional groups attached to an aromatic ring is 1. The molecular formula is C18H17N5O. The minimum absolute atomic E-state index is 0.237. The number of ether oxygens (including phenoxy) is 1. The Morgan fingerprint density at radius 1 is 1.21 bits per heavy atom. The van der Waals surface area contributed by atoms with Gasteiger partial charge in [0.1, 0.15) is 17.5 Å². The van der Waals surface area contributed by atoms with Gasteiger partial charge in [-0.3, -0.25) is 4.98 Å². The van der Waals surface area contributed by atoms with Gasteiger partial charge in [0, 0.05) is 22.8 Å². The quantitative estimate of drug-likeness (QED) is 0.763. The summed E-state index contributed by atoms with van der Waals surface area (Å²) >= 11 is 0. The van der Waals surface area contributed by atoms with Crippen molar-refractivity contribution in [2.45, 2.75) is 13.8 Å². The lowest BCUT2D eigenvalue weighted by molar-refractivity contribution is 0.326. The van der Waals surface area contributed by atoms with Gasteiger partial charge >= 0.3 is 0 Å². The molecule has 120 valence electrons. The first-order valence-electron chi connectivity index (χ1n) is 7.58. The summed E-state index contributed by atoms with van der Waals surface area (Å²) in [6.45, 7) is 4.20. The van der Waals surface area contributed by atoms with Gasteiger partial charge in [-0.25, -0.2) is 0 Å². The van der Waals surface area contributed by atoms with E-state index in [-0.39, 0.29) is 11.4 Å². The minimum Gasteiger partial charge on any atom is -0.477 e. The lowest BCUT2D eigenvalue weighted by Crippen LogP contribution is -2.04. The fourth-order valence-corrected chi connectivity index (χ4v) is 2.41. The van der Waals surface area contributed by atoms with Crippen LogP contribution in [0, 0.1) is 18.3 Å². The fraction of sp³-hybridized carbons (Fsp3) is 0.167. The number of nitrogens with one attached hydrogen (secondary N) is 1. The maximum Gasteiger partial charge on any atom is 0.235 e. The molecule has 3 aromatic rings. The van der Waals surface area contributed by atoms with Crippen LogP contribution in [-0.2, 0) is 0 Å². The van der Waals surface area contributed by atoms with Crippen LogP contribution in [0.15, 0.2) is 36.4 Å². The molecule has 0 saturated carbocycles. The lowest BCUT2D eigenvalue weighted by atomic mass is 10.2. The second-order valence-electron chi connectivity index (χ2n) is 5.31. The zero-order valence-corrected chi connectivity index (χ0v) is 13.5. The molecule has 3 N–H and O–H groups in total. The summed E-state index contributed by atoms with van der Waals surface area (Å²) in [5.41, 5.74) is 9.28. The van der Waals surface area contributed by atoms with Crippen LogP contribution < -0.4 is 15.8 Å². The Bertz CT molecular complexity index is 946. The van der Waals surface area contributed by atoms with Gasteiger partial charge in [0.05, 0.1) is 17.8 Å². The van der Waals surface area contributed by atoms with E-state index in [1.54, 1.807) is 6.07 Å². The number of nitriles is 1. The Hall–Kier alpha value is -3.33. The van der Waals surface area contributed by atoms with Crippen molar-refractivity contribution >= 4 is 28.1 Å². The highest BCUT2D eigenvalue weighted by Gasteiger charge is 2.12. The smallest absolute Gasteiger partial charge is 0.235 e. The van der Waals surface area contributed by atoms with E-state index in [4.69, 9.17) is 15.7 Å². The molecule has 0 unspecified atom stereocenters. The average molecular weight is 319 g/mol. The number of rotatable bonds is 4. The number of nitrogens with two attached hydrogens (primary N) is 1. The second kappa shape index (κ2) is 6.42. The summed E-state index contributed by atoms with van der Waals surface area (Å²) in [6.07, 6.45) is 0. The third-order valence-electron chi connectivity index (χ3n) is 3.51. The summed E-state index contributed by atoms with van der Waals surface area (Å²) in [7, 11) is 0. The van der Waals surface area contributed by atoms with Gasteiger partial charge in [0.25, 0.3) is 0 Å². The third kappa shape index (κ3) is 3.06. The number of fused-ring (bicyclic) bond motifs is 1.